The molecule has 1 aromatic carbocycles. The minimum atomic E-state index is -2.67. The van der Waals surface area contributed by atoms with Gasteiger partial charge in [-0.1, -0.05) is 32.9 Å². The fraction of sp³-hybridized carbons (Fsp3) is 0.478. The van der Waals surface area contributed by atoms with Gasteiger partial charge in [-0.2, -0.15) is 0 Å². The molecule has 0 aliphatic heterocycles. The van der Waals surface area contributed by atoms with Crippen molar-refractivity contribution in [1.82, 2.24) is 10.3 Å². The topological polar surface area (TPSA) is 54.0 Å². The van der Waals surface area contributed by atoms with Crippen LogP contribution in [-0.2, 0) is 10.2 Å². The smallest absolute Gasteiger partial charge is 0.248 e. The number of pyridine rings is 1. The molecule has 1 amide bonds. The summed E-state index contributed by atoms with van der Waals surface area (Å²) in [6, 6.07) is 7.73. The highest BCUT2D eigenvalue weighted by Crippen LogP contribution is 2.33. The van der Waals surface area contributed by atoms with Gasteiger partial charge in [0.15, 0.2) is 0 Å². The molecule has 1 fully saturated rings. The van der Waals surface area contributed by atoms with Crippen LogP contribution in [0.2, 0.25) is 0 Å². The summed E-state index contributed by atoms with van der Waals surface area (Å²) in [5.74, 6) is -3.61. The molecular formula is C23H28F3N3O. The standard InChI is InChI=1S/C23H28F3N3O/c1-22(2,3)16-4-6-18(7-5-16)28-20(15-12-17(24)14-27-13-15)21(30)29-19-8-10-23(25,26)11-9-19/h4-7,12-14,19-20,28H,8-11H2,1-3H3,(H,29,30). The van der Waals surface area contributed by atoms with Crippen molar-refractivity contribution in [3.8, 4) is 0 Å². The number of benzene rings is 1. The fourth-order valence-corrected chi connectivity index (χ4v) is 3.59. The van der Waals surface area contributed by atoms with Gasteiger partial charge in [0.1, 0.15) is 11.9 Å². The van der Waals surface area contributed by atoms with Gasteiger partial charge in [0.05, 0.1) is 6.20 Å². The van der Waals surface area contributed by atoms with Crippen LogP contribution in [0.3, 0.4) is 0 Å². The molecule has 30 heavy (non-hydrogen) atoms. The van der Waals surface area contributed by atoms with Crippen molar-refractivity contribution in [3.05, 3.63) is 59.7 Å². The first kappa shape index (κ1) is 22.1. The van der Waals surface area contributed by atoms with E-state index < -0.39 is 23.7 Å². The molecular weight excluding hydrogens is 391 g/mol. The lowest BCUT2D eigenvalue weighted by molar-refractivity contribution is -0.123. The van der Waals surface area contributed by atoms with Gasteiger partial charge in [0, 0.05) is 36.3 Å². The minimum absolute atomic E-state index is 0.00910. The predicted octanol–water partition coefficient (Wildman–Crippen LogP) is 5.37. The van der Waals surface area contributed by atoms with Crippen LogP contribution in [0, 0.1) is 5.82 Å². The van der Waals surface area contributed by atoms with E-state index >= 15 is 0 Å². The van der Waals surface area contributed by atoms with E-state index in [4.69, 9.17) is 0 Å². The van der Waals surface area contributed by atoms with Crippen molar-refractivity contribution in [2.75, 3.05) is 5.32 Å². The molecule has 1 aliphatic rings. The van der Waals surface area contributed by atoms with Crippen LogP contribution in [0.25, 0.3) is 0 Å². The first-order chi connectivity index (χ1) is 14.0. The molecule has 2 N–H and O–H groups in total. The average molecular weight is 419 g/mol. The summed E-state index contributed by atoms with van der Waals surface area (Å²) in [6.45, 7) is 6.33. The number of hydrogen-bond donors (Lipinski definition) is 2. The maximum absolute atomic E-state index is 13.8. The SMILES string of the molecule is CC(C)(C)c1ccc(NC(C(=O)NC2CCC(F)(F)CC2)c2cncc(F)c2)cc1. The van der Waals surface area contributed by atoms with Gasteiger partial charge in [-0.3, -0.25) is 9.78 Å². The van der Waals surface area contributed by atoms with E-state index in [1.54, 1.807) is 0 Å². The minimum Gasteiger partial charge on any atom is -0.370 e. The second-order valence-corrected chi connectivity index (χ2v) is 8.98. The Labute approximate surface area is 175 Å². The number of carbonyl (C=O) groups is 1. The predicted molar refractivity (Wildman–Crippen MR) is 111 cm³/mol. The Balaban J connectivity index is 1.78. The third kappa shape index (κ3) is 5.74. The molecule has 7 heteroatoms. The molecule has 1 atom stereocenters. The van der Waals surface area contributed by atoms with Crippen LogP contribution in [-0.4, -0.2) is 22.9 Å². The summed E-state index contributed by atoms with van der Waals surface area (Å²) in [6.07, 6.45) is 2.44. The van der Waals surface area contributed by atoms with Crippen LogP contribution < -0.4 is 10.6 Å². The molecule has 0 bridgehead atoms. The third-order valence-corrected chi connectivity index (χ3v) is 5.45. The molecule has 1 unspecified atom stereocenters. The number of carbonyl (C=O) groups excluding carboxylic acids is 1. The fourth-order valence-electron chi connectivity index (χ4n) is 3.59. The van der Waals surface area contributed by atoms with Crippen molar-refractivity contribution in [3.63, 3.8) is 0 Å². The summed E-state index contributed by atoms with van der Waals surface area (Å²) in [5, 5.41) is 5.99. The maximum atomic E-state index is 13.8. The van der Waals surface area contributed by atoms with Crippen molar-refractivity contribution < 1.29 is 18.0 Å². The molecule has 1 aromatic heterocycles. The Hall–Kier alpha value is -2.57. The molecule has 1 aliphatic carbocycles. The van der Waals surface area contributed by atoms with E-state index in [-0.39, 0.29) is 37.1 Å². The Kier molecular flexibility index (Phi) is 6.38. The van der Waals surface area contributed by atoms with Crippen molar-refractivity contribution >= 4 is 11.6 Å². The van der Waals surface area contributed by atoms with Crippen molar-refractivity contribution in [2.24, 2.45) is 0 Å². The second kappa shape index (κ2) is 8.66. The summed E-state index contributed by atoms with van der Waals surface area (Å²) in [5.41, 5.74) is 2.20. The number of hydrogen-bond acceptors (Lipinski definition) is 3. The van der Waals surface area contributed by atoms with Crippen LogP contribution in [0.15, 0.2) is 42.7 Å². The maximum Gasteiger partial charge on any atom is 0.248 e. The molecule has 4 nitrogen and oxygen atoms in total. The number of anilines is 1. The van der Waals surface area contributed by atoms with E-state index in [1.165, 1.54) is 12.3 Å². The first-order valence-corrected chi connectivity index (χ1v) is 10.2. The van der Waals surface area contributed by atoms with Gasteiger partial charge < -0.3 is 10.6 Å². The largest absolute Gasteiger partial charge is 0.370 e. The van der Waals surface area contributed by atoms with Gasteiger partial charge in [-0.25, -0.2) is 13.2 Å². The lowest BCUT2D eigenvalue weighted by atomic mass is 9.87. The Morgan fingerprint density at radius 3 is 2.33 bits per heavy atom. The zero-order chi connectivity index (χ0) is 21.9. The summed E-state index contributed by atoms with van der Waals surface area (Å²) in [7, 11) is 0. The Bertz CT molecular complexity index is 868. The van der Waals surface area contributed by atoms with E-state index in [1.807, 2.05) is 24.3 Å². The first-order valence-electron chi connectivity index (χ1n) is 10.2. The van der Waals surface area contributed by atoms with Gasteiger partial charge in [-0.15, -0.1) is 0 Å². The monoisotopic (exact) mass is 419 g/mol. The van der Waals surface area contributed by atoms with E-state index in [0.717, 1.165) is 11.8 Å². The molecule has 1 heterocycles. The lowest BCUT2D eigenvalue weighted by Gasteiger charge is -2.30. The molecule has 1 saturated carbocycles. The summed E-state index contributed by atoms with van der Waals surface area (Å²) >= 11 is 0. The Morgan fingerprint density at radius 2 is 1.77 bits per heavy atom. The number of nitrogens with zero attached hydrogens (tertiary/aromatic N) is 1. The van der Waals surface area contributed by atoms with E-state index in [9.17, 15) is 18.0 Å². The van der Waals surface area contributed by atoms with Crippen LogP contribution in [0.4, 0.5) is 18.9 Å². The van der Waals surface area contributed by atoms with Gasteiger partial charge in [0.2, 0.25) is 11.8 Å². The number of nitrogens with one attached hydrogen (secondary N) is 2. The second-order valence-electron chi connectivity index (χ2n) is 8.98. The summed E-state index contributed by atoms with van der Waals surface area (Å²) < 4.78 is 40.6. The van der Waals surface area contributed by atoms with Crippen molar-refractivity contribution in [2.45, 2.75) is 69.9 Å². The number of amides is 1. The Morgan fingerprint density at radius 1 is 1.13 bits per heavy atom. The molecule has 3 rings (SSSR count). The highest BCUT2D eigenvalue weighted by molar-refractivity contribution is 5.86. The highest BCUT2D eigenvalue weighted by Gasteiger charge is 2.36. The number of rotatable bonds is 5. The van der Waals surface area contributed by atoms with E-state index in [2.05, 4.69) is 36.4 Å². The molecule has 2 aromatic rings. The summed E-state index contributed by atoms with van der Waals surface area (Å²) in [4.78, 5) is 16.9. The van der Waals surface area contributed by atoms with Gasteiger partial charge in [0.25, 0.3) is 0 Å². The normalized spacial score (nSPS) is 17.9. The molecule has 162 valence electrons. The average Bonchev–Trinajstić information content (AvgIpc) is 2.67. The quantitative estimate of drug-likeness (QED) is 0.686. The van der Waals surface area contributed by atoms with Gasteiger partial charge in [-0.05, 0) is 42.0 Å². The van der Waals surface area contributed by atoms with Gasteiger partial charge >= 0.3 is 0 Å². The van der Waals surface area contributed by atoms with Crippen LogP contribution >= 0.6 is 0 Å². The molecule has 0 radical (unpaired) electrons. The highest BCUT2D eigenvalue weighted by atomic mass is 19.3. The number of halogens is 3. The molecule has 0 spiro atoms. The zero-order valence-corrected chi connectivity index (χ0v) is 17.5. The number of aromatic nitrogens is 1. The van der Waals surface area contributed by atoms with Crippen molar-refractivity contribution in [1.29, 1.82) is 0 Å². The third-order valence-electron chi connectivity index (χ3n) is 5.45. The lowest BCUT2D eigenvalue weighted by Crippen LogP contribution is -2.43. The molecule has 0 saturated heterocycles. The van der Waals surface area contributed by atoms with E-state index in [0.29, 0.717) is 11.3 Å². The van der Waals surface area contributed by atoms with Crippen LogP contribution in [0.1, 0.15) is 63.6 Å². The number of alkyl halides is 2. The zero-order valence-electron chi connectivity index (χ0n) is 17.5. The van der Waals surface area contributed by atoms with Crippen LogP contribution in [0.5, 0.6) is 0 Å².